The Morgan fingerprint density at radius 3 is 2.53 bits per heavy atom. The van der Waals surface area contributed by atoms with Gasteiger partial charge in [-0.15, -0.1) is 0 Å². The molecule has 5 heteroatoms. The molecule has 1 unspecified atom stereocenters. The molecule has 5 nitrogen and oxygen atoms in total. The smallest absolute Gasteiger partial charge is 0.249 e. The van der Waals surface area contributed by atoms with Crippen molar-refractivity contribution >= 4 is 11.8 Å². The molecular formula is C12H19N2O3. The number of nitrogens with one attached hydrogen (secondary N) is 1. The number of carbonyl (C=O) groups is 2. The molecule has 0 spiro atoms. The third-order valence-electron chi connectivity index (χ3n) is 3.77. The van der Waals surface area contributed by atoms with Gasteiger partial charge in [0.2, 0.25) is 11.8 Å². The van der Waals surface area contributed by atoms with Crippen LogP contribution >= 0.6 is 0 Å². The molecule has 1 radical (unpaired) electrons. The number of aliphatic hydroxyl groups excluding tert-OH is 1. The topological polar surface area (TPSA) is 92.4 Å². The Morgan fingerprint density at radius 1 is 1.47 bits per heavy atom. The van der Waals surface area contributed by atoms with Crippen molar-refractivity contribution in [3.05, 3.63) is 6.42 Å². The second-order valence-electron chi connectivity index (χ2n) is 5.15. The highest BCUT2D eigenvalue weighted by Gasteiger charge is 2.50. The van der Waals surface area contributed by atoms with Crippen LogP contribution in [0.1, 0.15) is 38.5 Å². The normalized spacial score (nSPS) is 23.6. The van der Waals surface area contributed by atoms with Gasteiger partial charge in [-0.2, -0.15) is 0 Å². The summed E-state index contributed by atoms with van der Waals surface area (Å²) in [5.41, 5.74) is 4.30. The van der Waals surface area contributed by atoms with Crippen molar-refractivity contribution in [1.82, 2.24) is 5.32 Å². The number of nitrogens with two attached hydrogens (primary N) is 1. The lowest BCUT2D eigenvalue weighted by Crippen LogP contribution is -2.50. The predicted molar refractivity (Wildman–Crippen MR) is 61.6 cm³/mol. The van der Waals surface area contributed by atoms with E-state index in [9.17, 15) is 14.7 Å². The molecule has 2 amide bonds. The quantitative estimate of drug-likeness (QED) is 0.603. The maximum Gasteiger partial charge on any atom is 0.249 e. The summed E-state index contributed by atoms with van der Waals surface area (Å²) >= 11 is 0. The molecule has 1 atom stereocenters. The molecule has 0 saturated heterocycles. The van der Waals surface area contributed by atoms with Crippen LogP contribution in [0.5, 0.6) is 0 Å². The first kappa shape index (κ1) is 12.4. The Hall–Kier alpha value is -1.10. The summed E-state index contributed by atoms with van der Waals surface area (Å²) in [5, 5.41) is 12.2. The zero-order valence-corrected chi connectivity index (χ0v) is 9.82. The van der Waals surface area contributed by atoms with Crippen LogP contribution in [0.15, 0.2) is 0 Å². The van der Waals surface area contributed by atoms with Gasteiger partial charge in [0, 0.05) is 0 Å². The van der Waals surface area contributed by atoms with E-state index in [1.165, 1.54) is 19.3 Å². The Kier molecular flexibility index (Phi) is 3.38. The van der Waals surface area contributed by atoms with E-state index in [-0.39, 0.29) is 0 Å². The van der Waals surface area contributed by atoms with Gasteiger partial charge in [0.15, 0.2) is 0 Å². The van der Waals surface area contributed by atoms with Crippen LogP contribution in [-0.2, 0) is 9.59 Å². The summed E-state index contributed by atoms with van der Waals surface area (Å²) < 4.78 is 0. The number of aliphatic hydroxyl groups is 1. The molecule has 2 rings (SSSR count). The van der Waals surface area contributed by atoms with Gasteiger partial charge in [-0.1, -0.05) is 19.3 Å². The molecule has 0 aliphatic heterocycles. The van der Waals surface area contributed by atoms with Crippen molar-refractivity contribution in [3.63, 3.8) is 0 Å². The van der Waals surface area contributed by atoms with Crippen molar-refractivity contribution in [2.75, 3.05) is 0 Å². The summed E-state index contributed by atoms with van der Waals surface area (Å²) in [5.74, 6) is -0.416. The van der Waals surface area contributed by atoms with Crippen molar-refractivity contribution in [1.29, 1.82) is 0 Å². The molecular weight excluding hydrogens is 220 g/mol. The number of rotatable bonds is 6. The van der Waals surface area contributed by atoms with Crippen molar-refractivity contribution < 1.29 is 14.7 Å². The Labute approximate surface area is 101 Å². The minimum Gasteiger partial charge on any atom is -0.383 e. The monoisotopic (exact) mass is 239 g/mol. The Balaban J connectivity index is 1.73. The summed E-state index contributed by atoms with van der Waals surface area (Å²) in [6.45, 7) is 0. The molecule has 0 aromatic rings. The fraction of sp³-hybridized carbons (Fsp3) is 0.750. The minimum absolute atomic E-state index is 0.513. The van der Waals surface area contributed by atoms with Gasteiger partial charge in [-0.25, -0.2) is 0 Å². The van der Waals surface area contributed by atoms with E-state index >= 15 is 0 Å². The maximum atomic E-state index is 11.6. The number of primary amides is 1. The zero-order chi connectivity index (χ0) is 12.5. The van der Waals surface area contributed by atoms with E-state index < -0.39 is 23.5 Å². The molecule has 2 aliphatic rings. The highest BCUT2D eigenvalue weighted by Crippen LogP contribution is 2.35. The van der Waals surface area contributed by atoms with E-state index in [1.54, 1.807) is 6.42 Å². The van der Waals surface area contributed by atoms with Gasteiger partial charge in [0.25, 0.3) is 0 Å². The van der Waals surface area contributed by atoms with Crippen molar-refractivity contribution in [2.45, 2.75) is 50.2 Å². The van der Waals surface area contributed by atoms with Crippen molar-refractivity contribution in [2.24, 2.45) is 11.7 Å². The van der Waals surface area contributed by atoms with E-state index in [1.807, 2.05) is 0 Å². The van der Waals surface area contributed by atoms with Crippen LogP contribution in [-0.4, -0.2) is 28.6 Å². The van der Waals surface area contributed by atoms with Crippen LogP contribution in [0, 0.1) is 12.3 Å². The SMILES string of the molecule is NC(=O)C1(NC(=O)C(O)[CH]CC2CCC2)CC1. The second kappa shape index (κ2) is 4.64. The number of amides is 2. The minimum atomic E-state index is -1.13. The Morgan fingerprint density at radius 2 is 2.12 bits per heavy atom. The molecule has 2 saturated carbocycles. The van der Waals surface area contributed by atoms with Gasteiger partial charge in [0.1, 0.15) is 11.6 Å². The number of hydrogen-bond acceptors (Lipinski definition) is 3. The molecule has 4 N–H and O–H groups in total. The second-order valence-corrected chi connectivity index (χ2v) is 5.15. The molecule has 2 aliphatic carbocycles. The van der Waals surface area contributed by atoms with E-state index in [4.69, 9.17) is 5.73 Å². The summed E-state index contributed by atoms with van der Waals surface area (Å²) in [6.07, 6.45) is 5.99. The fourth-order valence-electron chi connectivity index (χ4n) is 2.02. The molecule has 0 bridgehead atoms. The average Bonchev–Trinajstić information content (AvgIpc) is 2.96. The largest absolute Gasteiger partial charge is 0.383 e. The summed E-state index contributed by atoms with van der Waals surface area (Å²) in [7, 11) is 0. The zero-order valence-electron chi connectivity index (χ0n) is 9.82. The third-order valence-corrected chi connectivity index (χ3v) is 3.77. The van der Waals surface area contributed by atoms with E-state index in [0.29, 0.717) is 18.8 Å². The van der Waals surface area contributed by atoms with Gasteiger partial charge in [-0.05, 0) is 31.6 Å². The van der Waals surface area contributed by atoms with Gasteiger partial charge in [0.05, 0.1) is 0 Å². The molecule has 2 fully saturated rings. The Bertz CT molecular complexity index is 322. The lowest BCUT2D eigenvalue weighted by Gasteiger charge is -2.26. The van der Waals surface area contributed by atoms with Crippen LogP contribution in [0.3, 0.4) is 0 Å². The number of hydrogen-bond donors (Lipinski definition) is 3. The molecule has 0 aromatic heterocycles. The first-order valence-electron chi connectivity index (χ1n) is 6.17. The van der Waals surface area contributed by atoms with Crippen LogP contribution < -0.4 is 11.1 Å². The fourth-order valence-corrected chi connectivity index (χ4v) is 2.02. The summed E-state index contributed by atoms with van der Waals surface area (Å²) in [4.78, 5) is 22.7. The van der Waals surface area contributed by atoms with Gasteiger partial charge in [-0.3, -0.25) is 9.59 Å². The van der Waals surface area contributed by atoms with Crippen LogP contribution in [0.25, 0.3) is 0 Å². The third kappa shape index (κ3) is 2.77. The van der Waals surface area contributed by atoms with E-state index in [0.717, 1.165) is 6.42 Å². The van der Waals surface area contributed by atoms with Crippen LogP contribution in [0.2, 0.25) is 0 Å². The molecule has 95 valence electrons. The lowest BCUT2D eigenvalue weighted by atomic mass is 9.81. The standard InChI is InChI=1S/C12H19N2O3/c13-11(17)12(6-7-12)14-10(16)9(15)5-4-8-2-1-3-8/h5,8-9,15H,1-4,6-7H2,(H2,13,17)(H,14,16). The summed E-state index contributed by atoms with van der Waals surface area (Å²) in [6, 6.07) is 0. The lowest BCUT2D eigenvalue weighted by molar-refractivity contribution is -0.132. The van der Waals surface area contributed by atoms with Crippen molar-refractivity contribution in [3.8, 4) is 0 Å². The first-order chi connectivity index (χ1) is 8.03. The molecule has 0 aromatic carbocycles. The van der Waals surface area contributed by atoms with Crippen LogP contribution in [0.4, 0.5) is 0 Å². The molecule has 17 heavy (non-hydrogen) atoms. The number of carbonyl (C=O) groups excluding carboxylic acids is 2. The van der Waals surface area contributed by atoms with E-state index in [2.05, 4.69) is 5.32 Å². The average molecular weight is 239 g/mol. The predicted octanol–water partition coefficient (Wildman–Crippen LogP) is -0.124. The first-order valence-corrected chi connectivity index (χ1v) is 6.17. The highest BCUT2D eigenvalue weighted by atomic mass is 16.3. The van der Waals surface area contributed by atoms with Gasteiger partial charge < -0.3 is 16.2 Å². The van der Waals surface area contributed by atoms with Gasteiger partial charge >= 0.3 is 0 Å². The highest BCUT2D eigenvalue weighted by molar-refractivity contribution is 5.94. The molecule has 0 heterocycles. The maximum absolute atomic E-state index is 11.6.